The summed E-state index contributed by atoms with van der Waals surface area (Å²) in [6.45, 7) is 5.01. The summed E-state index contributed by atoms with van der Waals surface area (Å²) in [7, 11) is 0. The number of nitrogens with zero attached hydrogens (tertiary/aromatic N) is 2. The molecule has 0 unspecified atom stereocenters. The molecule has 20 heavy (non-hydrogen) atoms. The van der Waals surface area contributed by atoms with Crippen LogP contribution in [0.3, 0.4) is 0 Å². The summed E-state index contributed by atoms with van der Waals surface area (Å²) in [5, 5.41) is 3.62. The lowest BCUT2D eigenvalue weighted by atomic mass is 10.1. The maximum Gasteiger partial charge on any atom is 0.128 e. The molecule has 2 aliphatic rings. The van der Waals surface area contributed by atoms with Gasteiger partial charge in [0.15, 0.2) is 0 Å². The zero-order chi connectivity index (χ0) is 13.6. The van der Waals surface area contributed by atoms with Crippen LogP contribution in [-0.2, 0) is 4.74 Å². The Morgan fingerprint density at radius 2 is 2.05 bits per heavy atom. The number of pyridine rings is 1. The molecule has 0 bridgehead atoms. The molecule has 1 aromatic rings. The van der Waals surface area contributed by atoms with E-state index in [0.29, 0.717) is 6.04 Å². The first kappa shape index (κ1) is 13.8. The summed E-state index contributed by atoms with van der Waals surface area (Å²) in [6, 6.07) is 6.77. The van der Waals surface area contributed by atoms with Gasteiger partial charge in [-0.2, -0.15) is 0 Å². The van der Waals surface area contributed by atoms with Crippen molar-refractivity contribution in [1.82, 2.24) is 10.3 Å². The van der Waals surface area contributed by atoms with Crippen LogP contribution in [0.15, 0.2) is 24.4 Å². The van der Waals surface area contributed by atoms with Crippen LogP contribution >= 0.6 is 0 Å². The molecule has 0 aromatic carbocycles. The van der Waals surface area contributed by atoms with Crippen molar-refractivity contribution >= 4 is 5.82 Å². The van der Waals surface area contributed by atoms with Gasteiger partial charge in [0.2, 0.25) is 0 Å². The van der Waals surface area contributed by atoms with Gasteiger partial charge in [-0.25, -0.2) is 4.98 Å². The molecule has 0 spiro atoms. The summed E-state index contributed by atoms with van der Waals surface area (Å²) in [5.41, 5.74) is 0. The van der Waals surface area contributed by atoms with E-state index in [1.165, 1.54) is 25.7 Å². The van der Waals surface area contributed by atoms with Crippen LogP contribution in [0.1, 0.15) is 25.7 Å². The van der Waals surface area contributed by atoms with Crippen molar-refractivity contribution in [2.24, 2.45) is 5.92 Å². The van der Waals surface area contributed by atoms with E-state index >= 15 is 0 Å². The Labute approximate surface area is 121 Å². The van der Waals surface area contributed by atoms with E-state index in [4.69, 9.17) is 4.74 Å². The van der Waals surface area contributed by atoms with Crippen molar-refractivity contribution in [3.63, 3.8) is 0 Å². The second-order valence-electron chi connectivity index (χ2n) is 5.92. The molecular weight excluding hydrogens is 250 g/mol. The summed E-state index contributed by atoms with van der Waals surface area (Å²) < 4.78 is 5.66. The highest BCUT2D eigenvalue weighted by molar-refractivity contribution is 5.38. The topological polar surface area (TPSA) is 37.4 Å². The van der Waals surface area contributed by atoms with E-state index in [0.717, 1.165) is 44.6 Å². The lowest BCUT2D eigenvalue weighted by molar-refractivity contribution is 0.123. The molecule has 2 heterocycles. The van der Waals surface area contributed by atoms with Gasteiger partial charge in [-0.3, -0.25) is 0 Å². The van der Waals surface area contributed by atoms with E-state index < -0.39 is 0 Å². The molecule has 1 saturated heterocycles. The maximum absolute atomic E-state index is 5.66. The minimum atomic E-state index is 0.638. The number of piperidine rings is 1. The van der Waals surface area contributed by atoms with Crippen molar-refractivity contribution in [2.45, 2.75) is 31.7 Å². The average Bonchev–Trinajstić information content (AvgIpc) is 3.33. The molecular formula is C16H25N3O. The molecule has 0 radical (unpaired) electrons. The highest BCUT2D eigenvalue weighted by Gasteiger charge is 2.21. The third-order valence-electron chi connectivity index (χ3n) is 4.20. The molecule has 1 N–H and O–H groups in total. The number of nitrogens with one attached hydrogen (secondary N) is 1. The van der Waals surface area contributed by atoms with E-state index in [1.54, 1.807) is 0 Å². The fourth-order valence-corrected chi connectivity index (χ4v) is 2.72. The predicted octanol–water partition coefficient (Wildman–Crippen LogP) is 2.07. The summed E-state index contributed by atoms with van der Waals surface area (Å²) in [4.78, 5) is 6.80. The molecule has 2 fully saturated rings. The number of anilines is 1. The third kappa shape index (κ3) is 4.18. The Kier molecular flexibility index (Phi) is 4.87. The number of rotatable bonds is 7. The van der Waals surface area contributed by atoms with Crippen LogP contribution in [0.4, 0.5) is 5.82 Å². The minimum absolute atomic E-state index is 0.638. The Morgan fingerprint density at radius 1 is 1.20 bits per heavy atom. The van der Waals surface area contributed by atoms with Crippen molar-refractivity contribution in [1.29, 1.82) is 0 Å². The summed E-state index contributed by atoms with van der Waals surface area (Å²) in [6.07, 6.45) is 7.01. The molecule has 1 aliphatic carbocycles. The fraction of sp³-hybridized carbons (Fsp3) is 0.688. The quantitative estimate of drug-likeness (QED) is 0.773. The zero-order valence-corrected chi connectivity index (χ0v) is 12.1. The van der Waals surface area contributed by atoms with Crippen LogP contribution in [0.5, 0.6) is 0 Å². The van der Waals surface area contributed by atoms with Crippen molar-refractivity contribution < 1.29 is 4.74 Å². The molecule has 0 amide bonds. The van der Waals surface area contributed by atoms with E-state index in [-0.39, 0.29) is 0 Å². The maximum atomic E-state index is 5.66. The van der Waals surface area contributed by atoms with Crippen LogP contribution in [0.25, 0.3) is 0 Å². The number of hydrogen-bond acceptors (Lipinski definition) is 4. The van der Waals surface area contributed by atoms with Gasteiger partial charge in [0, 0.05) is 38.5 Å². The lowest BCUT2D eigenvalue weighted by Gasteiger charge is -2.33. The zero-order valence-electron chi connectivity index (χ0n) is 12.1. The Morgan fingerprint density at radius 3 is 2.75 bits per heavy atom. The molecule has 1 saturated carbocycles. The Bertz CT molecular complexity index is 386. The molecule has 1 aromatic heterocycles. The molecule has 0 atom stereocenters. The largest absolute Gasteiger partial charge is 0.380 e. The molecule has 4 nitrogen and oxygen atoms in total. The molecule has 3 rings (SSSR count). The van der Waals surface area contributed by atoms with E-state index in [1.807, 2.05) is 12.3 Å². The van der Waals surface area contributed by atoms with Gasteiger partial charge < -0.3 is 15.0 Å². The standard InChI is InChI=1S/C16H25N3O/c1-2-8-18-16(3-1)19-10-6-15(7-11-19)17-9-12-20-13-14-4-5-14/h1-3,8,14-15,17H,4-7,9-13H2. The average molecular weight is 275 g/mol. The second-order valence-corrected chi connectivity index (χ2v) is 5.92. The first-order valence-corrected chi connectivity index (χ1v) is 7.89. The smallest absolute Gasteiger partial charge is 0.128 e. The predicted molar refractivity (Wildman–Crippen MR) is 81.0 cm³/mol. The van der Waals surface area contributed by atoms with Crippen LogP contribution in [0, 0.1) is 5.92 Å². The van der Waals surface area contributed by atoms with E-state index in [9.17, 15) is 0 Å². The number of ether oxygens (including phenoxy) is 1. The minimum Gasteiger partial charge on any atom is -0.380 e. The molecule has 110 valence electrons. The second kappa shape index (κ2) is 7.04. The van der Waals surface area contributed by atoms with Crippen LogP contribution in [-0.4, -0.2) is 43.9 Å². The first-order valence-electron chi connectivity index (χ1n) is 7.89. The fourth-order valence-electron chi connectivity index (χ4n) is 2.72. The summed E-state index contributed by atoms with van der Waals surface area (Å²) >= 11 is 0. The van der Waals surface area contributed by atoms with Gasteiger partial charge in [-0.1, -0.05) is 6.07 Å². The Hall–Kier alpha value is -1.13. The van der Waals surface area contributed by atoms with Gasteiger partial charge in [0.1, 0.15) is 5.82 Å². The van der Waals surface area contributed by atoms with Gasteiger partial charge in [-0.05, 0) is 43.7 Å². The van der Waals surface area contributed by atoms with Crippen molar-refractivity contribution in [3.8, 4) is 0 Å². The summed E-state index contributed by atoms with van der Waals surface area (Å²) in [5.74, 6) is 1.98. The third-order valence-corrected chi connectivity index (χ3v) is 4.20. The van der Waals surface area contributed by atoms with Crippen LogP contribution < -0.4 is 10.2 Å². The normalized spacial score (nSPS) is 20.3. The van der Waals surface area contributed by atoms with Gasteiger partial charge in [-0.15, -0.1) is 0 Å². The highest BCUT2D eigenvalue weighted by Crippen LogP contribution is 2.28. The first-order chi connectivity index (χ1) is 9.92. The lowest BCUT2D eigenvalue weighted by Crippen LogP contribution is -2.43. The van der Waals surface area contributed by atoms with E-state index in [2.05, 4.69) is 27.3 Å². The van der Waals surface area contributed by atoms with Crippen molar-refractivity contribution in [3.05, 3.63) is 24.4 Å². The van der Waals surface area contributed by atoms with Crippen LogP contribution in [0.2, 0.25) is 0 Å². The number of hydrogen-bond donors (Lipinski definition) is 1. The monoisotopic (exact) mass is 275 g/mol. The Balaban J connectivity index is 1.29. The molecule has 4 heteroatoms. The number of aromatic nitrogens is 1. The van der Waals surface area contributed by atoms with Crippen molar-refractivity contribution in [2.75, 3.05) is 37.7 Å². The highest BCUT2D eigenvalue weighted by atomic mass is 16.5. The molecule has 1 aliphatic heterocycles. The SMILES string of the molecule is c1ccc(N2CCC(NCCOCC3CC3)CC2)nc1. The van der Waals surface area contributed by atoms with Gasteiger partial charge in [0.05, 0.1) is 6.61 Å². The van der Waals surface area contributed by atoms with Gasteiger partial charge >= 0.3 is 0 Å². The van der Waals surface area contributed by atoms with Gasteiger partial charge in [0.25, 0.3) is 0 Å².